The summed E-state index contributed by atoms with van der Waals surface area (Å²) in [6.07, 6.45) is 0. The van der Waals surface area contributed by atoms with Crippen molar-refractivity contribution in [3.8, 4) is 5.88 Å². The molecule has 6 nitrogen and oxygen atoms in total. The lowest BCUT2D eigenvalue weighted by atomic mass is 10.2. The number of ether oxygens (including phenoxy) is 1. The van der Waals surface area contributed by atoms with Crippen LogP contribution < -0.4 is 10.3 Å². The maximum atomic E-state index is 12.1. The number of H-pyrrole nitrogens is 1. The fraction of sp³-hybridized carbons (Fsp3) is 0.333. The monoisotopic (exact) mass is 289 g/mol. The summed E-state index contributed by atoms with van der Waals surface area (Å²) in [7, 11) is 1.63. The molecule has 0 bridgehead atoms. The molecule has 1 aromatic carbocycles. The predicted molar refractivity (Wildman–Crippen MR) is 80.6 cm³/mol. The van der Waals surface area contributed by atoms with Gasteiger partial charge in [0, 0.05) is 7.05 Å². The molecule has 0 saturated carbocycles. The lowest BCUT2D eigenvalue weighted by Crippen LogP contribution is -2.18. The molecule has 0 fully saturated rings. The molecule has 0 aliphatic rings. The average molecular weight is 289 g/mol. The van der Waals surface area contributed by atoms with E-state index in [1.807, 2.05) is 37.3 Å². The van der Waals surface area contributed by atoms with Gasteiger partial charge < -0.3 is 9.57 Å². The minimum absolute atomic E-state index is 0.192. The average Bonchev–Trinajstić information content (AvgIpc) is 2.75. The van der Waals surface area contributed by atoms with Gasteiger partial charge in [0.25, 0.3) is 5.56 Å². The lowest BCUT2D eigenvalue weighted by molar-refractivity contribution is 0.130. The highest BCUT2D eigenvalue weighted by Crippen LogP contribution is 2.12. The molecule has 2 aromatic rings. The molecule has 6 heteroatoms. The maximum absolute atomic E-state index is 12.1. The predicted octanol–water partition coefficient (Wildman–Crippen LogP) is 2.05. The van der Waals surface area contributed by atoms with Crippen LogP contribution in [0.1, 0.15) is 25.0 Å². The van der Waals surface area contributed by atoms with Crippen molar-refractivity contribution in [1.82, 2.24) is 9.78 Å². The highest BCUT2D eigenvalue weighted by Gasteiger charge is 2.17. The molecule has 1 N–H and O–H groups in total. The smallest absolute Gasteiger partial charge is 0.279 e. The van der Waals surface area contributed by atoms with Gasteiger partial charge in [-0.1, -0.05) is 35.5 Å². The van der Waals surface area contributed by atoms with Crippen LogP contribution in [0.15, 0.2) is 40.3 Å². The Kier molecular flexibility index (Phi) is 4.81. The van der Waals surface area contributed by atoms with Crippen LogP contribution >= 0.6 is 0 Å². The van der Waals surface area contributed by atoms with Crippen LogP contribution in [0.4, 0.5) is 0 Å². The first-order valence-electron chi connectivity index (χ1n) is 6.76. The Balaban J connectivity index is 2.14. The zero-order valence-corrected chi connectivity index (χ0v) is 12.4. The molecule has 112 valence electrons. The summed E-state index contributed by atoms with van der Waals surface area (Å²) in [5.41, 5.74) is 1.70. The molecule has 1 aromatic heterocycles. The SMILES string of the molecule is CCOc1[nH]n(C)c(=O)c1C(C)=NOCc1ccccc1. The van der Waals surface area contributed by atoms with Crippen molar-refractivity contribution in [2.24, 2.45) is 12.2 Å². The van der Waals surface area contributed by atoms with Crippen LogP contribution in [0.3, 0.4) is 0 Å². The number of oxime groups is 1. The summed E-state index contributed by atoms with van der Waals surface area (Å²) >= 11 is 0. The number of hydrogen-bond donors (Lipinski definition) is 1. The summed E-state index contributed by atoms with van der Waals surface area (Å²) in [5, 5.41) is 6.86. The van der Waals surface area contributed by atoms with Crippen molar-refractivity contribution < 1.29 is 9.57 Å². The molecular weight excluding hydrogens is 270 g/mol. The largest absolute Gasteiger partial charge is 0.478 e. The van der Waals surface area contributed by atoms with E-state index in [-0.39, 0.29) is 5.56 Å². The topological polar surface area (TPSA) is 68.6 Å². The van der Waals surface area contributed by atoms with E-state index in [1.165, 1.54) is 4.68 Å². The molecule has 0 saturated heterocycles. The van der Waals surface area contributed by atoms with Crippen LogP contribution in [0.5, 0.6) is 5.88 Å². The van der Waals surface area contributed by atoms with Gasteiger partial charge in [0.05, 0.1) is 12.3 Å². The van der Waals surface area contributed by atoms with E-state index in [4.69, 9.17) is 9.57 Å². The van der Waals surface area contributed by atoms with Crippen molar-refractivity contribution in [2.45, 2.75) is 20.5 Å². The van der Waals surface area contributed by atoms with Crippen LogP contribution in [0.2, 0.25) is 0 Å². The van der Waals surface area contributed by atoms with E-state index in [0.29, 0.717) is 30.4 Å². The number of nitrogens with zero attached hydrogens (tertiary/aromatic N) is 2. The van der Waals surface area contributed by atoms with Crippen molar-refractivity contribution in [3.63, 3.8) is 0 Å². The molecule has 0 aliphatic carbocycles. The lowest BCUT2D eigenvalue weighted by Gasteiger charge is -2.03. The van der Waals surface area contributed by atoms with Crippen molar-refractivity contribution in [3.05, 3.63) is 51.8 Å². The summed E-state index contributed by atoms with van der Waals surface area (Å²) in [6.45, 7) is 4.39. The Morgan fingerprint density at radius 3 is 2.71 bits per heavy atom. The first-order chi connectivity index (χ1) is 10.1. The van der Waals surface area contributed by atoms with Crippen molar-refractivity contribution in [1.29, 1.82) is 0 Å². The highest BCUT2D eigenvalue weighted by molar-refractivity contribution is 6.00. The number of aryl methyl sites for hydroxylation is 1. The summed E-state index contributed by atoms with van der Waals surface area (Å²) in [6, 6.07) is 9.71. The third-order valence-corrected chi connectivity index (χ3v) is 2.94. The summed E-state index contributed by atoms with van der Waals surface area (Å²) in [4.78, 5) is 17.4. The van der Waals surface area contributed by atoms with Gasteiger partial charge in [0.15, 0.2) is 0 Å². The highest BCUT2D eigenvalue weighted by atomic mass is 16.6. The van der Waals surface area contributed by atoms with Gasteiger partial charge in [0.2, 0.25) is 5.88 Å². The van der Waals surface area contributed by atoms with Gasteiger partial charge in [0.1, 0.15) is 12.2 Å². The third-order valence-electron chi connectivity index (χ3n) is 2.94. The zero-order valence-electron chi connectivity index (χ0n) is 12.4. The number of nitrogens with one attached hydrogen (secondary N) is 1. The van der Waals surface area contributed by atoms with E-state index in [9.17, 15) is 4.79 Å². The number of aromatic nitrogens is 2. The number of rotatable bonds is 6. The first kappa shape index (κ1) is 14.9. The zero-order chi connectivity index (χ0) is 15.2. The maximum Gasteiger partial charge on any atom is 0.279 e. The Hall–Kier alpha value is -2.50. The molecule has 0 spiro atoms. The normalized spacial score (nSPS) is 11.5. The number of benzene rings is 1. The summed E-state index contributed by atoms with van der Waals surface area (Å²) < 4.78 is 6.77. The van der Waals surface area contributed by atoms with Gasteiger partial charge >= 0.3 is 0 Å². The second kappa shape index (κ2) is 6.78. The minimum Gasteiger partial charge on any atom is -0.478 e. The van der Waals surface area contributed by atoms with E-state index in [1.54, 1.807) is 14.0 Å². The Morgan fingerprint density at radius 1 is 1.33 bits per heavy atom. The quantitative estimate of drug-likeness (QED) is 0.653. The molecule has 1 heterocycles. The van der Waals surface area contributed by atoms with E-state index in [0.717, 1.165) is 5.56 Å². The van der Waals surface area contributed by atoms with Gasteiger partial charge in [-0.05, 0) is 19.4 Å². The second-order valence-corrected chi connectivity index (χ2v) is 4.55. The molecular formula is C15H19N3O3. The van der Waals surface area contributed by atoms with Crippen LogP contribution in [-0.4, -0.2) is 22.1 Å². The third kappa shape index (κ3) is 3.53. The van der Waals surface area contributed by atoms with E-state index in [2.05, 4.69) is 10.3 Å². The Labute approximate surface area is 123 Å². The minimum atomic E-state index is -0.192. The fourth-order valence-electron chi connectivity index (χ4n) is 1.92. The molecule has 2 rings (SSSR count). The second-order valence-electron chi connectivity index (χ2n) is 4.55. The molecule has 21 heavy (non-hydrogen) atoms. The number of hydrogen-bond acceptors (Lipinski definition) is 4. The Bertz CT molecular complexity index is 671. The van der Waals surface area contributed by atoms with Gasteiger partial charge in [-0.15, -0.1) is 0 Å². The molecule has 0 unspecified atom stereocenters. The van der Waals surface area contributed by atoms with Crippen LogP contribution in [0.25, 0.3) is 0 Å². The molecule has 0 radical (unpaired) electrons. The Morgan fingerprint density at radius 2 is 2.05 bits per heavy atom. The number of aromatic amines is 1. The van der Waals surface area contributed by atoms with Gasteiger partial charge in [-0.2, -0.15) is 0 Å². The van der Waals surface area contributed by atoms with Crippen LogP contribution in [-0.2, 0) is 18.5 Å². The van der Waals surface area contributed by atoms with E-state index >= 15 is 0 Å². The first-order valence-corrected chi connectivity index (χ1v) is 6.76. The van der Waals surface area contributed by atoms with Crippen molar-refractivity contribution >= 4 is 5.71 Å². The standard InChI is InChI=1S/C15H19N3O3/c1-4-20-14-13(15(19)18(3)16-14)11(2)17-21-10-12-8-6-5-7-9-12/h5-9,16H,4,10H2,1-3H3. The fourth-order valence-corrected chi connectivity index (χ4v) is 1.92. The summed E-state index contributed by atoms with van der Waals surface area (Å²) in [5.74, 6) is 0.412. The molecule has 0 aliphatic heterocycles. The van der Waals surface area contributed by atoms with E-state index < -0.39 is 0 Å². The van der Waals surface area contributed by atoms with Crippen molar-refractivity contribution in [2.75, 3.05) is 6.61 Å². The molecule has 0 amide bonds. The van der Waals surface area contributed by atoms with Crippen LogP contribution in [0, 0.1) is 0 Å². The molecule has 0 atom stereocenters. The van der Waals surface area contributed by atoms with Gasteiger partial charge in [-0.25, -0.2) is 0 Å². The van der Waals surface area contributed by atoms with Gasteiger partial charge in [-0.3, -0.25) is 14.6 Å².